The van der Waals surface area contributed by atoms with Crippen LogP contribution in [0.15, 0.2) is 47.4 Å². The van der Waals surface area contributed by atoms with Gasteiger partial charge in [-0.15, -0.1) is 0 Å². The van der Waals surface area contributed by atoms with Crippen LogP contribution in [0.1, 0.15) is 5.56 Å². The van der Waals surface area contributed by atoms with Crippen LogP contribution in [-0.2, 0) is 6.54 Å². The summed E-state index contributed by atoms with van der Waals surface area (Å²) in [5.41, 5.74) is 0.121. The van der Waals surface area contributed by atoms with Gasteiger partial charge in [-0.2, -0.15) is 18.3 Å². The van der Waals surface area contributed by atoms with Gasteiger partial charge in [-0.1, -0.05) is 18.2 Å². The highest BCUT2D eigenvalue weighted by Crippen LogP contribution is 2.22. The lowest BCUT2D eigenvalue weighted by molar-refractivity contribution is -0.153. The smallest absolute Gasteiger partial charge is 0.422 e. The van der Waals surface area contributed by atoms with Crippen molar-refractivity contribution in [3.63, 3.8) is 0 Å². The average Bonchev–Trinajstić information content (AvgIpc) is 2.39. The van der Waals surface area contributed by atoms with Gasteiger partial charge < -0.3 is 4.74 Å². The summed E-state index contributed by atoms with van der Waals surface area (Å²) in [4.78, 5) is 11.5. The van der Waals surface area contributed by atoms with Gasteiger partial charge in [0.1, 0.15) is 5.75 Å². The molecule has 1 aromatic heterocycles. The molecule has 0 radical (unpaired) electrons. The van der Waals surface area contributed by atoms with E-state index in [2.05, 4.69) is 5.10 Å². The summed E-state index contributed by atoms with van der Waals surface area (Å²) < 4.78 is 42.4. The molecule has 2 aromatic rings. The number of nitrogens with zero attached hydrogens (tertiary/aromatic N) is 2. The minimum absolute atomic E-state index is 0.0493. The van der Waals surface area contributed by atoms with Crippen LogP contribution in [-0.4, -0.2) is 22.6 Å². The topological polar surface area (TPSA) is 44.1 Å². The zero-order valence-corrected chi connectivity index (χ0v) is 10.3. The fraction of sp³-hybridized carbons (Fsp3) is 0.231. The lowest BCUT2D eigenvalue weighted by Gasteiger charge is -2.13. The average molecular weight is 284 g/mol. The molecule has 0 bridgehead atoms. The van der Waals surface area contributed by atoms with E-state index in [1.165, 1.54) is 24.4 Å². The van der Waals surface area contributed by atoms with Crippen molar-refractivity contribution >= 4 is 0 Å². The van der Waals surface area contributed by atoms with Gasteiger partial charge in [-0.05, 0) is 12.1 Å². The number of hydrogen-bond acceptors (Lipinski definition) is 3. The van der Waals surface area contributed by atoms with E-state index >= 15 is 0 Å². The maximum absolute atomic E-state index is 12.2. The highest BCUT2D eigenvalue weighted by molar-refractivity contribution is 5.33. The van der Waals surface area contributed by atoms with E-state index in [1.807, 2.05) is 0 Å². The Bertz CT molecular complexity index is 638. The summed E-state index contributed by atoms with van der Waals surface area (Å²) >= 11 is 0. The number of halogens is 3. The molecule has 1 aromatic carbocycles. The SMILES string of the molecule is O=c1cccnn1Cc1ccccc1OCC(F)(F)F. The maximum atomic E-state index is 12.2. The van der Waals surface area contributed by atoms with Crippen molar-refractivity contribution in [2.75, 3.05) is 6.61 Å². The zero-order valence-electron chi connectivity index (χ0n) is 10.3. The standard InChI is InChI=1S/C13H11F3N2O2/c14-13(15,16)9-20-11-5-2-1-4-10(11)8-18-12(19)6-3-7-17-18/h1-7H,8-9H2. The normalized spacial score (nSPS) is 11.3. The van der Waals surface area contributed by atoms with E-state index in [0.29, 0.717) is 5.56 Å². The third-order valence-electron chi connectivity index (χ3n) is 2.47. The number of ether oxygens (including phenoxy) is 1. The Morgan fingerprint density at radius 1 is 1.15 bits per heavy atom. The zero-order chi connectivity index (χ0) is 14.6. The Morgan fingerprint density at radius 2 is 1.90 bits per heavy atom. The molecule has 2 rings (SSSR count). The first-order chi connectivity index (χ1) is 9.46. The number of rotatable bonds is 4. The molecule has 106 valence electrons. The fourth-order valence-corrected chi connectivity index (χ4v) is 1.60. The second-order valence-corrected chi connectivity index (χ2v) is 4.03. The summed E-state index contributed by atoms with van der Waals surface area (Å²) in [7, 11) is 0. The van der Waals surface area contributed by atoms with Crippen molar-refractivity contribution in [1.29, 1.82) is 0 Å². The molecule has 0 spiro atoms. The molecule has 0 saturated heterocycles. The number of para-hydroxylation sites is 1. The van der Waals surface area contributed by atoms with Crippen molar-refractivity contribution in [3.05, 3.63) is 58.5 Å². The van der Waals surface area contributed by atoms with Gasteiger partial charge in [-0.25, -0.2) is 4.68 Å². The second kappa shape index (κ2) is 5.77. The van der Waals surface area contributed by atoms with Gasteiger partial charge in [0.15, 0.2) is 6.61 Å². The lowest BCUT2D eigenvalue weighted by atomic mass is 10.2. The first-order valence-corrected chi connectivity index (χ1v) is 5.75. The van der Waals surface area contributed by atoms with Gasteiger partial charge in [-0.3, -0.25) is 4.79 Å². The van der Waals surface area contributed by atoms with Gasteiger partial charge in [0.25, 0.3) is 5.56 Å². The van der Waals surface area contributed by atoms with Crippen LogP contribution in [0.25, 0.3) is 0 Å². The maximum Gasteiger partial charge on any atom is 0.422 e. The van der Waals surface area contributed by atoms with Crippen LogP contribution in [0, 0.1) is 0 Å². The number of aromatic nitrogens is 2. The van der Waals surface area contributed by atoms with Crippen LogP contribution in [0.4, 0.5) is 13.2 Å². The Kier molecular flexibility index (Phi) is 4.07. The predicted octanol–water partition coefficient (Wildman–Crippen LogP) is 2.23. The Labute approximate surface area is 112 Å². The van der Waals surface area contributed by atoms with Crippen LogP contribution < -0.4 is 10.3 Å². The van der Waals surface area contributed by atoms with Crippen LogP contribution in [0.5, 0.6) is 5.75 Å². The van der Waals surface area contributed by atoms with Crippen LogP contribution >= 0.6 is 0 Å². The van der Waals surface area contributed by atoms with Gasteiger partial charge in [0.05, 0.1) is 6.54 Å². The van der Waals surface area contributed by atoms with Crippen molar-refractivity contribution in [2.24, 2.45) is 0 Å². The minimum atomic E-state index is -4.41. The molecule has 0 unspecified atom stereocenters. The Hall–Kier alpha value is -2.31. The third kappa shape index (κ3) is 3.84. The van der Waals surface area contributed by atoms with Crippen LogP contribution in [0.3, 0.4) is 0 Å². The third-order valence-corrected chi connectivity index (χ3v) is 2.47. The Morgan fingerprint density at radius 3 is 2.60 bits per heavy atom. The van der Waals surface area contributed by atoms with Crippen molar-refractivity contribution < 1.29 is 17.9 Å². The molecule has 0 aliphatic heterocycles. The highest BCUT2D eigenvalue weighted by Gasteiger charge is 2.28. The molecule has 0 aliphatic rings. The Balaban J connectivity index is 2.20. The van der Waals surface area contributed by atoms with Gasteiger partial charge >= 0.3 is 6.18 Å². The minimum Gasteiger partial charge on any atom is -0.484 e. The lowest BCUT2D eigenvalue weighted by Crippen LogP contribution is -2.23. The van der Waals surface area contributed by atoms with Crippen molar-refractivity contribution in [3.8, 4) is 5.75 Å². The van der Waals surface area contributed by atoms with E-state index in [-0.39, 0.29) is 17.9 Å². The molecule has 0 fully saturated rings. The molecular weight excluding hydrogens is 273 g/mol. The second-order valence-electron chi connectivity index (χ2n) is 4.03. The first-order valence-electron chi connectivity index (χ1n) is 5.75. The number of hydrogen-bond donors (Lipinski definition) is 0. The fourth-order valence-electron chi connectivity index (χ4n) is 1.60. The van der Waals surface area contributed by atoms with Crippen molar-refractivity contribution in [1.82, 2.24) is 9.78 Å². The van der Waals surface area contributed by atoms with Gasteiger partial charge in [0.2, 0.25) is 0 Å². The molecule has 20 heavy (non-hydrogen) atoms. The summed E-state index contributed by atoms with van der Waals surface area (Å²) in [6, 6.07) is 9.05. The van der Waals surface area contributed by atoms with Crippen LogP contribution in [0.2, 0.25) is 0 Å². The van der Waals surface area contributed by atoms with E-state index in [0.717, 1.165) is 4.68 Å². The molecule has 0 atom stereocenters. The summed E-state index contributed by atoms with van der Waals surface area (Å²) in [6.07, 6.45) is -2.98. The predicted molar refractivity (Wildman–Crippen MR) is 65.6 cm³/mol. The molecule has 1 heterocycles. The quantitative estimate of drug-likeness (QED) is 0.864. The van der Waals surface area contributed by atoms with E-state index in [4.69, 9.17) is 4.74 Å². The largest absolute Gasteiger partial charge is 0.484 e. The highest BCUT2D eigenvalue weighted by atomic mass is 19.4. The number of alkyl halides is 3. The summed E-state index contributed by atoms with van der Waals surface area (Å²) in [6.45, 7) is -1.32. The van der Waals surface area contributed by atoms with E-state index in [9.17, 15) is 18.0 Å². The first kappa shape index (κ1) is 14.1. The summed E-state index contributed by atoms with van der Waals surface area (Å²) in [5.74, 6) is 0.0855. The molecule has 0 amide bonds. The van der Waals surface area contributed by atoms with Crippen molar-refractivity contribution in [2.45, 2.75) is 12.7 Å². The number of benzene rings is 1. The molecule has 0 aliphatic carbocycles. The molecule has 0 N–H and O–H groups in total. The molecular formula is C13H11F3N2O2. The monoisotopic (exact) mass is 284 g/mol. The molecule has 7 heteroatoms. The van der Waals surface area contributed by atoms with Gasteiger partial charge in [0, 0.05) is 17.8 Å². The molecule has 4 nitrogen and oxygen atoms in total. The van der Waals surface area contributed by atoms with E-state index < -0.39 is 12.8 Å². The van der Waals surface area contributed by atoms with E-state index in [1.54, 1.807) is 18.2 Å². The molecule has 0 saturated carbocycles. The summed E-state index contributed by atoms with van der Waals surface area (Å²) in [5, 5.41) is 3.85.